The Labute approximate surface area is 128 Å². The number of rotatable bonds is 2. The van der Waals surface area contributed by atoms with Crippen LogP contribution in [0.3, 0.4) is 0 Å². The van der Waals surface area contributed by atoms with Gasteiger partial charge in [0, 0.05) is 18.6 Å². The number of aromatic nitrogens is 1. The molecular formula is C13H16F6NO2P. The van der Waals surface area contributed by atoms with Gasteiger partial charge in [0.15, 0.2) is 18.1 Å². The number of allylic oxidation sites excluding steroid dienone is 2. The van der Waals surface area contributed by atoms with Gasteiger partial charge in [0.05, 0.1) is 13.0 Å². The number of nitrogens with zero attached hydrogens (tertiary/aromatic N) is 1. The molecule has 0 bridgehead atoms. The maximum absolute atomic E-state index is 11.5. The fourth-order valence-electron chi connectivity index (χ4n) is 2.06. The molecule has 1 atom stereocenters. The Balaban J connectivity index is 0.000000322. The average Bonchev–Trinajstić information content (AvgIpc) is 2.44. The normalized spacial score (nSPS) is 21.0. The Kier molecular flexibility index (Phi) is 5.16. The predicted octanol–water partition coefficient (Wildman–Crippen LogP) is 5.17. The molecule has 0 aromatic carbocycles. The first-order valence-corrected chi connectivity index (χ1v) is 8.59. The topological polar surface area (TPSA) is 30.2 Å². The number of halogens is 6. The molecule has 1 unspecified atom stereocenters. The van der Waals surface area contributed by atoms with Crippen LogP contribution in [0.1, 0.15) is 19.3 Å². The van der Waals surface area contributed by atoms with E-state index >= 15 is 0 Å². The number of ether oxygens (including phenoxy) is 1. The Morgan fingerprint density at radius 1 is 1.13 bits per heavy atom. The summed E-state index contributed by atoms with van der Waals surface area (Å²) in [6.07, 6.45) is 8.80. The summed E-state index contributed by atoms with van der Waals surface area (Å²) >= 11 is 0. The minimum atomic E-state index is -10.7. The van der Waals surface area contributed by atoms with Gasteiger partial charge in [0.25, 0.3) is 0 Å². The van der Waals surface area contributed by atoms with Crippen molar-refractivity contribution in [1.82, 2.24) is 0 Å². The molecule has 2 rings (SSSR count). The predicted molar refractivity (Wildman–Crippen MR) is 73.8 cm³/mol. The Hall–Kier alpha value is -1.63. The monoisotopic (exact) mass is 363 g/mol. The SMILES string of the molecule is COC(=O)C1CCC=C([n+]2ccccc2)C1.F[P-](F)(F)(F)(F)F. The van der Waals surface area contributed by atoms with E-state index in [1.54, 1.807) is 0 Å². The van der Waals surface area contributed by atoms with Crippen molar-refractivity contribution < 1.29 is 39.3 Å². The molecule has 0 spiro atoms. The minimum absolute atomic E-state index is 0.0118. The third-order valence-electron chi connectivity index (χ3n) is 2.93. The molecule has 1 aliphatic rings. The van der Waals surface area contributed by atoms with Gasteiger partial charge < -0.3 is 4.74 Å². The fourth-order valence-corrected chi connectivity index (χ4v) is 2.06. The summed E-state index contributed by atoms with van der Waals surface area (Å²) < 4.78 is 66.1. The molecule has 0 radical (unpaired) electrons. The van der Waals surface area contributed by atoms with Gasteiger partial charge in [-0.15, -0.1) is 0 Å². The van der Waals surface area contributed by atoms with Crippen molar-refractivity contribution in [1.29, 1.82) is 0 Å². The van der Waals surface area contributed by atoms with Crippen molar-refractivity contribution in [2.75, 3.05) is 7.11 Å². The number of carbonyl (C=O) groups excluding carboxylic acids is 1. The molecule has 0 aliphatic heterocycles. The van der Waals surface area contributed by atoms with Crippen LogP contribution in [0.25, 0.3) is 5.70 Å². The number of hydrogen-bond acceptors (Lipinski definition) is 2. The van der Waals surface area contributed by atoms with E-state index in [0.29, 0.717) is 0 Å². The van der Waals surface area contributed by atoms with Crippen LogP contribution in [-0.4, -0.2) is 13.1 Å². The van der Waals surface area contributed by atoms with Crippen molar-refractivity contribution in [3.05, 3.63) is 36.7 Å². The van der Waals surface area contributed by atoms with E-state index < -0.39 is 7.81 Å². The Morgan fingerprint density at radius 3 is 2.13 bits per heavy atom. The second-order valence-electron chi connectivity index (χ2n) is 4.94. The van der Waals surface area contributed by atoms with E-state index in [9.17, 15) is 30.0 Å². The van der Waals surface area contributed by atoms with Gasteiger partial charge in [-0.25, -0.2) is 0 Å². The average molecular weight is 363 g/mol. The number of pyridine rings is 1. The number of methoxy groups -OCH3 is 1. The van der Waals surface area contributed by atoms with Crippen molar-refractivity contribution >= 4 is 19.5 Å². The summed E-state index contributed by atoms with van der Waals surface area (Å²) in [5.74, 6) is -0.0835. The molecule has 1 heterocycles. The fraction of sp³-hybridized carbons (Fsp3) is 0.385. The van der Waals surface area contributed by atoms with Crippen LogP contribution < -0.4 is 4.57 Å². The summed E-state index contributed by atoms with van der Waals surface area (Å²) in [6.45, 7) is 0. The molecule has 1 aliphatic carbocycles. The van der Waals surface area contributed by atoms with E-state index in [-0.39, 0.29) is 11.9 Å². The van der Waals surface area contributed by atoms with Gasteiger partial charge in [-0.1, -0.05) is 6.07 Å². The molecule has 132 valence electrons. The molecule has 0 saturated heterocycles. The number of carbonyl (C=O) groups is 1. The molecule has 10 heteroatoms. The third kappa shape index (κ3) is 9.89. The zero-order valence-corrected chi connectivity index (χ0v) is 13.0. The first-order chi connectivity index (χ1) is 10.3. The van der Waals surface area contributed by atoms with E-state index in [2.05, 4.69) is 10.6 Å². The maximum atomic E-state index is 11.5. The zero-order chi connectivity index (χ0) is 17.8. The number of esters is 1. The van der Waals surface area contributed by atoms with E-state index in [4.69, 9.17) is 4.74 Å². The Morgan fingerprint density at radius 2 is 1.65 bits per heavy atom. The van der Waals surface area contributed by atoms with Crippen LogP contribution in [0.4, 0.5) is 25.2 Å². The van der Waals surface area contributed by atoms with Crippen LogP contribution in [0.5, 0.6) is 0 Å². The van der Waals surface area contributed by atoms with Gasteiger partial charge in [-0.05, 0) is 18.9 Å². The second-order valence-corrected chi connectivity index (χ2v) is 6.85. The summed E-state index contributed by atoms with van der Waals surface area (Å²) in [4.78, 5) is 11.5. The third-order valence-corrected chi connectivity index (χ3v) is 2.93. The van der Waals surface area contributed by atoms with E-state index in [1.165, 1.54) is 12.8 Å². The zero-order valence-electron chi connectivity index (χ0n) is 12.1. The summed E-state index contributed by atoms with van der Waals surface area (Å²) in [5, 5.41) is 0. The van der Waals surface area contributed by atoms with Crippen LogP contribution in [0.15, 0.2) is 36.7 Å². The van der Waals surface area contributed by atoms with Crippen LogP contribution in [0.2, 0.25) is 0 Å². The van der Waals surface area contributed by atoms with Gasteiger partial charge in [-0.3, -0.25) is 4.79 Å². The van der Waals surface area contributed by atoms with Crippen molar-refractivity contribution in [2.24, 2.45) is 5.92 Å². The first-order valence-electron chi connectivity index (χ1n) is 6.56. The quantitative estimate of drug-likeness (QED) is 0.314. The Bertz CT molecular complexity index is 574. The summed E-state index contributed by atoms with van der Waals surface area (Å²) in [7, 11) is -9.20. The molecular weight excluding hydrogens is 347 g/mol. The molecule has 0 amide bonds. The van der Waals surface area contributed by atoms with Crippen LogP contribution in [-0.2, 0) is 9.53 Å². The van der Waals surface area contributed by atoms with Crippen molar-refractivity contribution in [3.8, 4) is 0 Å². The second kappa shape index (κ2) is 6.11. The van der Waals surface area contributed by atoms with E-state index in [0.717, 1.165) is 19.3 Å². The van der Waals surface area contributed by atoms with Crippen LogP contribution >= 0.6 is 7.81 Å². The van der Waals surface area contributed by atoms with Gasteiger partial charge in [0.1, 0.15) is 0 Å². The van der Waals surface area contributed by atoms with Gasteiger partial charge in [0.2, 0.25) is 0 Å². The summed E-state index contributed by atoms with van der Waals surface area (Å²) in [5.41, 5.74) is 1.18. The standard InChI is InChI=1S/C13H16NO2.F6P/c1-16-13(15)11-6-5-7-12(10-11)14-8-3-2-4-9-14;1-7(2,3,4,5)6/h2-4,7-9,11H,5-6,10H2,1H3;/q+1;-1. The van der Waals surface area contributed by atoms with Crippen molar-refractivity contribution in [2.45, 2.75) is 19.3 Å². The van der Waals surface area contributed by atoms with E-state index in [1.807, 2.05) is 30.6 Å². The molecule has 23 heavy (non-hydrogen) atoms. The van der Waals surface area contributed by atoms with Crippen molar-refractivity contribution in [3.63, 3.8) is 0 Å². The van der Waals surface area contributed by atoms with Gasteiger partial charge in [-0.2, -0.15) is 4.57 Å². The molecule has 0 saturated carbocycles. The molecule has 1 aromatic rings. The molecule has 0 fully saturated rings. The van der Waals surface area contributed by atoms with Crippen LogP contribution in [0, 0.1) is 5.92 Å². The molecule has 0 N–H and O–H groups in total. The number of hydrogen-bond donors (Lipinski definition) is 0. The molecule has 1 aromatic heterocycles. The molecule has 3 nitrogen and oxygen atoms in total. The summed E-state index contributed by atoms with van der Waals surface area (Å²) in [6, 6.07) is 5.96. The first kappa shape index (κ1) is 19.4. The van der Waals surface area contributed by atoms with Gasteiger partial charge >= 0.3 is 39.0 Å².